The Labute approximate surface area is 124 Å². The first kappa shape index (κ1) is 15.6. The van der Waals surface area contributed by atoms with Crippen molar-refractivity contribution in [3.63, 3.8) is 0 Å². The molecule has 0 aliphatic carbocycles. The smallest absolute Gasteiger partial charge is 0.129 e. The minimum absolute atomic E-state index is 0.135. The van der Waals surface area contributed by atoms with Gasteiger partial charge >= 0.3 is 0 Å². The van der Waals surface area contributed by atoms with E-state index in [1.807, 2.05) is 24.3 Å². The standard InChI is InChI=1S/C18H20F2O/c1-12(2)9-13-3-5-14(6-4-13)18(21)10-15-7-8-16(19)11-17(15)20/h3-8,11-12,18,21H,9-10H2,1-2H3. The van der Waals surface area contributed by atoms with Gasteiger partial charge in [0.1, 0.15) is 11.6 Å². The zero-order valence-corrected chi connectivity index (χ0v) is 12.3. The van der Waals surface area contributed by atoms with Crippen LogP contribution in [0.1, 0.15) is 36.6 Å². The summed E-state index contributed by atoms with van der Waals surface area (Å²) in [4.78, 5) is 0. The van der Waals surface area contributed by atoms with Crippen molar-refractivity contribution in [2.24, 2.45) is 5.92 Å². The lowest BCUT2D eigenvalue weighted by atomic mass is 9.97. The van der Waals surface area contributed by atoms with Gasteiger partial charge in [-0.2, -0.15) is 0 Å². The summed E-state index contributed by atoms with van der Waals surface area (Å²) in [6, 6.07) is 11.1. The highest BCUT2D eigenvalue weighted by molar-refractivity contribution is 5.27. The number of aliphatic hydroxyl groups excluding tert-OH is 1. The van der Waals surface area contributed by atoms with E-state index >= 15 is 0 Å². The molecule has 2 rings (SSSR count). The Bertz CT molecular complexity index is 591. The fourth-order valence-corrected chi connectivity index (χ4v) is 2.36. The highest BCUT2D eigenvalue weighted by Gasteiger charge is 2.12. The molecule has 0 aromatic heterocycles. The van der Waals surface area contributed by atoms with Crippen LogP contribution in [0, 0.1) is 17.6 Å². The predicted octanol–water partition coefficient (Wildman–Crippen LogP) is 4.44. The van der Waals surface area contributed by atoms with Crippen LogP contribution >= 0.6 is 0 Å². The second kappa shape index (κ2) is 6.81. The molecular weight excluding hydrogens is 270 g/mol. The fourth-order valence-electron chi connectivity index (χ4n) is 2.36. The van der Waals surface area contributed by atoms with Crippen LogP contribution in [-0.2, 0) is 12.8 Å². The normalized spacial score (nSPS) is 12.7. The van der Waals surface area contributed by atoms with Crippen molar-refractivity contribution in [1.29, 1.82) is 0 Å². The van der Waals surface area contributed by atoms with Gasteiger partial charge in [0.25, 0.3) is 0 Å². The summed E-state index contributed by atoms with van der Waals surface area (Å²) in [6.45, 7) is 4.31. The van der Waals surface area contributed by atoms with Crippen molar-refractivity contribution in [1.82, 2.24) is 0 Å². The molecule has 0 saturated heterocycles. The Hall–Kier alpha value is -1.74. The molecule has 2 aromatic rings. The third kappa shape index (κ3) is 4.36. The summed E-state index contributed by atoms with van der Waals surface area (Å²) in [6.07, 6.45) is 0.330. The molecule has 21 heavy (non-hydrogen) atoms. The average Bonchev–Trinajstić information content (AvgIpc) is 2.42. The van der Waals surface area contributed by atoms with Crippen molar-refractivity contribution >= 4 is 0 Å². The zero-order chi connectivity index (χ0) is 15.4. The lowest BCUT2D eigenvalue weighted by Crippen LogP contribution is -2.04. The maximum atomic E-state index is 13.6. The summed E-state index contributed by atoms with van der Waals surface area (Å²) in [5, 5.41) is 10.2. The van der Waals surface area contributed by atoms with E-state index in [4.69, 9.17) is 0 Å². The first-order chi connectivity index (χ1) is 9.95. The van der Waals surface area contributed by atoms with E-state index in [9.17, 15) is 13.9 Å². The van der Waals surface area contributed by atoms with Gasteiger partial charge in [0, 0.05) is 12.5 Å². The van der Waals surface area contributed by atoms with Crippen LogP contribution in [-0.4, -0.2) is 5.11 Å². The van der Waals surface area contributed by atoms with Gasteiger partial charge in [0.2, 0.25) is 0 Å². The van der Waals surface area contributed by atoms with Gasteiger partial charge in [-0.15, -0.1) is 0 Å². The Morgan fingerprint density at radius 3 is 2.19 bits per heavy atom. The summed E-state index contributed by atoms with van der Waals surface area (Å²) in [5.41, 5.74) is 2.27. The van der Waals surface area contributed by atoms with Crippen LogP contribution in [0.5, 0.6) is 0 Å². The molecule has 0 amide bonds. The molecule has 1 unspecified atom stereocenters. The maximum Gasteiger partial charge on any atom is 0.129 e. The second-order valence-corrected chi connectivity index (χ2v) is 5.80. The van der Waals surface area contributed by atoms with E-state index in [1.165, 1.54) is 17.7 Å². The fraction of sp³-hybridized carbons (Fsp3) is 0.333. The molecule has 0 saturated carbocycles. The predicted molar refractivity (Wildman–Crippen MR) is 80.0 cm³/mol. The van der Waals surface area contributed by atoms with Crippen molar-refractivity contribution in [2.75, 3.05) is 0 Å². The van der Waals surface area contributed by atoms with E-state index in [0.29, 0.717) is 11.5 Å². The van der Waals surface area contributed by atoms with Gasteiger partial charge in [0.15, 0.2) is 0 Å². The molecule has 0 spiro atoms. The van der Waals surface area contributed by atoms with Crippen molar-refractivity contribution in [2.45, 2.75) is 32.8 Å². The van der Waals surface area contributed by atoms with Crippen LogP contribution in [0.25, 0.3) is 0 Å². The lowest BCUT2D eigenvalue weighted by Gasteiger charge is -2.13. The average molecular weight is 290 g/mol. The Balaban J connectivity index is 2.07. The van der Waals surface area contributed by atoms with Gasteiger partial charge < -0.3 is 5.11 Å². The van der Waals surface area contributed by atoms with Gasteiger partial charge in [-0.25, -0.2) is 8.78 Å². The summed E-state index contributed by atoms with van der Waals surface area (Å²) in [7, 11) is 0. The number of hydrogen-bond donors (Lipinski definition) is 1. The first-order valence-corrected chi connectivity index (χ1v) is 7.16. The van der Waals surface area contributed by atoms with Gasteiger partial charge in [-0.1, -0.05) is 44.2 Å². The van der Waals surface area contributed by atoms with E-state index in [2.05, 4.69) is 13.8 Å². The number of halogens is 2. The van der Waals surface area contributed by atoms with E-state index in [0.717, 1.165) is 18.1 Å². The van der Waals surface area contributed by atoms with Crippen LogP contribution in [0.4, 0.5) is 8.78 Å². The molecule has 1 nitrogen and oxygen atoms in total. The highest BCUT2D eigenvalue weighted by atomic mass is 19.1. The Kier molecular flexibility index (Phi) is 5.07. The highest BCUT2D eigenvalue weighted by Crippen LogP contribution is 2.21. The molecule has 1 N–H and O–H groups in total. The molecule has 3 heteroatoms. The second-order valence-electron chi connectivity index (χ2n) is 5.80. The lowest BCUT2D eigenvalue weighted by molar-refractivity contribution is 0.177. The third-order valence-corrected chi connectivity index (χ3v) is 3.44. The molecule has 0 heterocycles. The van der Waals surface area contributed by atoms with Crippen molar-refractivity contribution < 1.29 is 13.9 Å². The van der Waals surface area contributed by atoms with E-state index in [-0.39, 0.29) is 6.42 Å². The van der Waals surface area contributed by atoms with Crippen LogP contribution in [0.15, 0.2) is 42.5 Å². The van der Waals surface area contributed by atoms with Crippen LogP contribution < -0.4 is 0 Å². The van der Waals surface area contributed by atoms with Crippen LogP contribution in [0.2, 0.25) is 0 Å². The summed E-state index contributed by atoms with van der Waals surface area (Å²) >= 11 is 0. The summed E-state index contributed by atoms with van der Waals surface area (Å²) in [5.74, 6) is -0.650. The molecule has 0 aliphatic heterocycles. The first-order valence-electron chi connectivity index (χ1n) is 7.16. The Morgan fingerprint density at radius 1 is 0.952 bits per heavy atom. The van der Waals surface area contributed by atoms with Gasteiger partial charge in [-0.05, 0) is 35.1 Å². The molecule has 1 atom stereocenters. The largest absolute Gasteiger partial charge is 0.388 e. The molecule has 112 valence electrons. The third-order valence-electron chi connectivity index (χ3n) is 3.44. The number of aliphatic hydroxyl groups is 1. The molecule has 2 aromatic carbocycles. The quantitative estimate of drug-likeness (QED) is 0.863. The van der Waals surface area contributed by atoms with Gasteiger partial charge in [0.05, 0.1) is 6.10 Å². The molecule has 0 aliphatic rings. The Morgan fingerprint density at radius 2 is 1.62 bits per heavy atom. The molecule has 0 fully saturated rings. The zero-order valence-electron chi connectivity index (χ0n) is 12.3. The minimum atomic E-state index is -0.793. The molecule has 0 radical (unpaired) electrons. The van der Waals surface area contributed by atoms with Crippen LogP contribution in [0.3, 0.4) is 0 Å². The molecular formula is C18H20F2O. The minimum Gasteiger partial charge on any atom is -0.388 e. The number of hydrogen-bond acceptors (Lipinski definition) is 1. The topological polar surface area (TPSA) is 20.2 Å². The molecule has 0 bridgehead atoms. The van der Waals surface area contributed by atoms with E-state index < -0.39 is 17.7 Å². The maximum absolute atomic E-state index is 13.6. The SMILES string of the molecule is CC(C)Cc1ccc(C(O)Cc2ccc(F)cc2F)cc1. The number of benzene rings is 2. The summed E-state index contributed by atoms with van der Waals surface area (Å²) < 4.78 is 26.4. The van der Waals surface area contributed by atoms with Gasteiger partial charge in [-0.3, -0.25) is 0 Å². The van der Waals surface area contributed by atoms with E-state index in [1.54, 1.807) is 0 Å². The van der Waals surface area contributed by atoms with Crippen molar-refractivity contribution in [3.8, 4) is 0 Å². The monoisotopic (exact) mass is 290 g/mol. The van der Waals surface area contributed by atoms with Crippen molar-refractivity contribution in [3.05, 3.63) is 70.8 Å². The number of rotatable bonds is 5.